The van der Waals surface area contributed by atoms with Gasteiger partial charge in [0, 0.05) is 21.1 Å². The number of aliphatic hydroxyl groups excluding tert-OH is 1. The van der Waals surface area contributed by atoms with Gasteiger partial charge < -0.3 is 24.1 Å². The number of aliphatic hydroxyl groups is 1. The Labute approximate surface area is 98.6 Å². The van der Waals surface area contributed by atoms with E-state index in [1.54, 1.807) is 0 Å². The van der Waals surface area contributed by atoms with Gasteiger partial charge in [-0.05, 0) is 0 Å². The van der Waals surface area contributed by atoms with Crippen molar-refractivity contribution in [2.45, 2.75) is 37.7 Å². The highest BCUT2D eigenvalue weighted by atomic mass is 19.1. The zero-order valence-corrected chi connectivity index (χ0v) is 9.96. The zero-order chi connectivity index (χ0) is 13.0. The number of hydrogen-bond acceptors (Lipinski definition) is 6. The summed E-state index contributed by atoms with van der Waals surface area (Å²) in [5.41, 5.74) is 0. The third kappa shape index (κ3) is 3.35. The molecular formula is C10H17FO6. The van der Waals surface area contributed by atoms with E-state index in [1.807, 2.05) is 0 Å². The number of esters is 1. The summed E-state index contributed by atoms with van der Waals surface area (Å²) in [7, 11) is 2.63. The Morgan fingerprint density at radius 3 is 2.41 bits per heavy atom. The SMILES string of the molecule is COC1C(O)OC(COC(C)=O)C(F)C1OC. The van der Waals surface area contributed by atoms with Crippen molar-refractivity contribution in [3.05, 3.63) is 0 Å². The van der Waals surface area contributed by atoms with Crippen molar-refractivity contribution in [2.75, 3.05) is 20.8 Å². The van der Waals surface area contributed by atoms with Crippen LogP contribution < -0.4 is 0 Å². The first-order valence-electron chi connectivity index (χ1n) is 5.17. The highest BCUT2D eigenvalue weighted by Crippen LogP contribution is 2.26. The maximum absolute atomic E-state index is 13.9. The minimum absolute atomic E-state index is 0.274. The second-order valence-corrected chi connectivity index (χ2v) is 3.71. The summed E-state index contributed by atoms with van der Waals surface area (Å²) >= 11 is 0. The van der Waals surface area contributed by atoms with Gasteiger partial charge in [-0.3, -0.25) is 4.79 Å². The molecule has 0 bridgehead atoms. The van der Waals surface area contributed by atoms with Crippen molar-refractivity contribution in [3.63, 3.8) is 0 Å². The molecule has 7 heteroatoms. The largest absolute Gasteiger partial charge is 0.463 e. The summed E-state index contributed by atoms with van der Waals surface area (Å²) < 4.78 is 33.4. The number of methoxy groups -OCH3 is 2. The second-order valence-electron chi connectivity index (χ2n) is 3.71. The Hall–Kier alpha value is -0.760. The van der Waals surface area contributed by atoms with E-state index in [2.05, 4.69) is 4.74 Å². The number of alkyl halides is 1. The zero-order valence-electron chi connectivity index (χ0n) is 9.96. The monoisotopic (exact) mass is 252 g/mol. The Morgan fingerprint density at radius 1 is 1.35 bits per heavy atom. The van der Waals surface area contributed by atoms with Crippen molar-refractivity contribution in [1.29, 1.82) is 0 Å². The first-order chi connectivity index (χ1) is 8.01. The smallest absolute Gasteiger partial charge is 0.302 e. The normalized spacial score (nSPS) is 37.8. The lowest BCUT2D eigenvalue weighted by Crippen LogP contribution is -2.58. The summed E-state index contributed by atoms with van der Waals surface area (Å²) in [6.07, 6.45) is -5.82. The van der Waals surface area contributed by atoms with Crippen molar-refractivity contribution >= 4 is 5.97 Å². The number of carbonyl (C=O) groups is 1. The molecule has 0 aliphatic carbocycles. The van der Waals surface area contributed by atoms with Crippen molar-refractivity contribution in [3.8, 4) is 0 Å². The topological polar surface area (TPSA) is 74.2 Å². The van der Waals surface area contributed by atoms with Crippen LogP contribution in [-0.2, 0) is 23.7 Å². The van der Waals surface area contributed by atoms with Crippen LogP contribution in [0.4, 0.5) is 4.39 Å². The van der Waals surface area contributed by atoms with Crippen molar-refractivity contribution in [1.82, 2.24) is 0 Å². The van der Waals surface area contributed by atoms with E-state index >= 15 is 0 Å². The molecule has 0 amide bonds. The van der Waals surface area contributed by atoms with Crippen LogP contribution in [0.5, 0.6) is 0 Å². The number of ether oxygens (including phenoxy) is 4. The van der Waals surface area contributed by atoms with Crippen LogP contribution in [0.25, 0.3) is 0 Å². The van der Waals surface area contributed by atoms with Gasteiger partial charge in [0.05, 0.1) is 0 Å². The maximum atomic E-state index is 13.9. The molecule has 1 fully saturated rings. The fourth-order valence-corrected chi connectivity index (χ4v) is 1.73. The van der Waals surface area contributed by atoms with Crippen LogP contribution in [0.1, 0.15) is 6.92 Å². The number of rotatable bonds is 4. The number of hydrogen-bond donors (Lipinski definition) is 1. The Kier molecular flexibility index (Phi) is 5.26. The molecule has 0 aromatic heterocycles. The van der Waals surface area contributed by atoms with Gasteiger partial charge in [-0.25, -0.2) is 4.39 Å². The molecule has 0 spiro atoms. The average molecular weight is 252 g/mol. The van der Waals surface area contributed by atoms with Gasteiger partial charge in [-0.15, -0.1) is 0 Å². The Balaban J connectivity index is 2.66. The van der Waals surface area contributed by atoms with Crippen LogP contribution in [0.15, 0.2) is 0 Å². The second kappa shape index (κ2) is 6.25. The van der Waals surface area contributed by atoms with Crippen LogP contribution in [-0.4, -0.2) is 62.7 Å². The molecule has 17 heavy (non-hydrogen) atoms. The van der Waals surface area contributed by atoms with Gasteiger partial charge in [0.1, 0.15) is 24.9 Å². The van der Waals surface area contributed by atoms with E-state index in [0.717, 1.165) is 0 Å². The van der Waals surface area contributed by atoms with Crippen molar-refractivity contribution < 1.29 is 33.2 Å². The molecule has 0 radical (unpaired) electrons. The fraction of sp³-hybridized carbons (Fsp3) is 0.900. The minimum atomic E-state index is -1.55. The van der Waals surface area contributed by atoms with Crippen LogP contribution in [0.2, 0.25) is 0 Å². The van der Waals surface area contributed by atoms with E-state index in [0.29, 0.717) is 0 Å². The molecular weight excluding hydrogens is 235 g/mol. The minimum Gasteiger partial charge on any atom is -0.463 e. The van der Waals surface area contributed by atoms with Crippen molar-refractivity contribution in [2.24, 2.45) is 0 Å². The highest BCUT2D eigenvalue weighted by molar-refractivity contribution is 5.65. The van der Waals surface area contributed by atoms with E-state index < -0.39 is 36.7 Å². The van der Waals surface area contributed by atoms with E-state index in [1.165, 1.54) is 21.1 Å². The van der Waals surface area contributed by atoms with Gasteiger partial charge >= 0.3 is 5.97 Å². The third-order valence-corrected chi connectivity index (χ3v) is 2.58. The number of halogens is 1. The molecule has 1 aliphatic heterocycles. The first-order valence-corrected chi connectivity index (χ1v) is 5.17. The summed E-state index contributed by atoms with van der Waals surface area (Å²) in [5.74, 6) is -0.543. The third-order valence-electron chi connectivity index (χ3n) is 2.58. The maximum Gasteiger partial charge on any atom is 0.302 e. The average Bonchev–Trinajstić information content (AvgIpc) is 2.28. The van der Waals surface area contributed by atoms with Gasteiger partial charge in [0.15, 0.2) is 12.5 Å². The molecule has 1 rings (SSSR count). The molecule has 1 aliphatic rings. The Morgan fingerprint density at radius 2 is 1.94 bits per heavy atom. The van der Waals surface area contributed by atoms with E-state index in [9.17, 15) is 14.3 Å². The van der Waals surface area contributed by atoms with E-state index in [4.69, 9.17) is 14.2 Å². The summed E-state index contributed by atoms with van der Waals surface area (Å²) in [6, 6.07) is 0. The molecule has 0 saturated carbocycles. The van der Waals surface area contributed by atoms with Crippen LogP contribution in [0.3, 0.4) is 0 Å². The van der Waals surface area contributed by atoms with Gasteiger partial charge in [0.25, 0.3) is 0 Å². The fourth-order valence-electron chi connectivity index (χ4n) is 1.73. The highest BCUT2D eigenvalue weighted by Gasteiger charge is 2.46. The Bertz CT molecular complexity index is 261. The summed E-state index contributed by atoms with van der Waals surface area (Å²) in [6.45, 7) is 0.933. The first kappa shape index (κ1) is 14.3. The standard InChI is InChI=1S/C10H17FO6/c1-5(12)16-4-6-7(11)8(14-2)9(15-3)10(13)17-6/h6-10,13H,4H2,1-3H3. The predicted octanol–water partition coefficient (Wildman–Crippen LogP) is -0.365. The lowest BCUT2D eigenvalue weighted by molar-refractivity contribution is -0.285. The number of carbonyl (C=O) groups excluding carboxylic acids is 1. The van der Waals surface area contributed by atoms with E-state index in [-0.39, 0.29) is 6.61 Å². The molecule has 1 heterocycles. The lowest BCUT2D eigenvalue weighted by Gasteiger charge is -2.39. The summed E-state index contributed by atoms with van der Waals surface area (Å²) in [5, 5.41) is 9.59. The molecule has 5 atom stereocenters. The summed E-state index contributed by atoms with van der Waals surface area (Å²) in [4.78, 5) is 10.6. The quantitative estimate of drug-likeness (QED) is 0.688. The molecule has 0 aromatic rings. The molecule has 5 unspecified atom stereocenters. The van der Waals surface area contributed by atoms with Crippen LogP contribution in [0, 0.1) is 0 Å². The molecule has 1 N–H and O–H groups in total. The van der Waals surface area contributed by atoms with Crippen LogP contribution >= 0.6 is 0 Å². The molecule has 0 aromatic carbocycles. The molecule has 100 valence electrons. The van der Waals surface area contributed by atoms with Gasteiger partial charge in [0.2, 0.25) is 0 Å². The lowest BCUT2D eigenvalue weighted by atomic mass is 10.0. The molecule has 6 nitrogen and oxygen atoms in total. The van der Waals surface area contributed by atoms with Gasteiger partial charge in [-0.1, -0.05) is 0 Å². The predicted molar refractivity (Wildman–Crippen MR) is 54.0 cm³/mol. The molecule has 1 saturated heterocycles. The van der Waals surface area contributed by atoms with Gasteiger partial charge in [-0.2, -0.15) is 0 Å².